The third-order valence-corrected chi connectivity index (χ3v) is 3.80. The zero-order valence-corrected chi connectivity index (χ0v) is 13.0. The molecule has 1 unspecified atom stereocenters. The number of hydrogen-bond acceptors (Lipinski definition) is 5. The summed E-state index contributed by atoms with van der Waals surface area (Å²) in [6.45, 7) is 7.53. The van der Waals surface area contributed by atoms with Crippen LogP contribution in [0.5, 0.6) is 0 Å². The van der Waals surface area contributed by atoms with Crippen LogP contribution in [0, 0.1) is 5.92 Å². The van der Waals surface area contributed by atoms with Crippen LogP contribution in [0.1, 0.15) is 33.6 Å². The van der Waals surface area contributed by atoms with Crippen LogP contribution in [0.4, 0.5) is 11.6 Å². The van der Waals surface area contributed by atoms with E-state index in [1.807, 2.05) is 23.7 Å². The molecule has 2 rings (SSSR count). The van der Waals surface area contributed by atoms with Crippen LogP contribution < -0.4 is 10.6 Å². The molecule has 1 atom stereocenters. The van der Waals surface area contributed by atoms with Gasteiger partial charge in [-0.1, -0.05) is 26.7 Å². The number of hydrogen-bond donors (Lipinski definition) is 3. The van der Waals surface area contributed by atoms with E-state index in [2.05, 4.69) is 34.4 Å². The molecule has 21 heavy (non-hydrogen) atoms. The summed E-state index contributed by atoms with van der Waals surface area (Å²) in [7, 11) is 0. The van der Waals surface area contributed by atoms with Gasteiger partial charge in [-0.2, -0.15) is 0 Å². The van der Waals surface area contributed by atoms with Crippen molar-refractivity contribution in [1.29, 1.82) is 0 Å². The highest BCUT2D eigenvalue weighted by Crippen LogP contribution is 2.18. The van der Waals surface area contributed by atoms with Crippen molar-refractivity contribution >= 4 is 17.3 Å². The van der Waals surface area contributed by atoms with Gasteiger partial charge in [0.15, 0.2) is 11.5 Å². The molecule has 3 N–H and O–H groups in total. The molecule has 6 heteroatoms. The highest BCUT2D eigenvalue weighted by atomic mass is 16.3. The molecule has 0 saturated heterocycles. The largest absolute Gasteiger partial charge is 0.391 e. The number of imidazole rings is 1. The molecular weight excluding hydrogens is 266 g/mol. The van der Waals surface area contributed by atoms with Gasteiger partial charge < -0.3 is 20.1 Å². The molecule has 0 aliphatic heterocycles. The molecule has 0 amide bonds. The van der Waals surface area contributed by atoms with Gasteiger partial charge in [0.2, 0.25) is 0 Å². The second-order valence-electron chi connectivity index (χ2n) is 5.19. The van der Waals surface area contributed by atoms with E-state index in [9.17, 15) is 5.11 Å². The Morgan fingerprint density at radius 1 is 1.24 bits per heavy atom. The van der Waals surface area contributed by atoms with E-state index in [1.54, 1.807) is 6.20 Å². The number of rotatable bonds is 8. The third kappa shape index (κ3) is 3.64. The summed E-state index contributed by atoms with van der Waals surface area (Å²) in [5.41, 5.74) is 0.772. The van der Waals surface area contributed by atoms with Gasteiger partial charge in [-0.15, -0.1) is 0 Å². The topological polar surface area (TPSA) is 74.5 Å². The van der Waals surface area contributed by atoms with Gasteiger partial charge in [-0.05, 0) is 12.8 Å². The fraction of sp³-hybridized carbons (Fsp3) is 0.600. The van der Waals surface area contributed by atoms with Crippen LogP contribution in [-0.2, 0) is 0 Å². The van der Waals surface area contributed by atoms with E-state index in [0.29, 0.717) is 18.3 Å². The van der Waals surface area contributed by atoms with Crippen LogP contribution >= 0.6 is 0 Å². The zero-order chi connectivity index (χ0) is 15.2. The number of nitrogens with zero attached hydrogens (tertiary/aromatic N) is 3. The van der Waals surface area contributed by atoms with Crippen molar-refractivity contribution in [2.75, 3.05) is 23.7 Å². The summed E-state index contributed by atoms with van der Waals surface area (Å²) >= 11 is 0. The maximum absolute atomic E-state index is 10.2. The number of aliphatic hydroxyl groups is 1. The Kier molecular flexibility index (Phi) is 5.38. The maximum Gasteiger partial charge on any atom is 0.180 e. The first-order chi connectivity index (χ1) is 10.2. The van der Waals surface area contributed by atoms with E-state index in [1.165, 1.54) is 0 Å². The van der Waals surface area contributed by atoms with Crippen molar-refractivity contribution in [3.8, 4) is 0 Å². The smallest absolute Gasteiger partial charge is 0.180 e. The highest BCUT2D eigenvalue weighted by molar-refractivity contribution is 5.65. The van der Waals surface area contributed by atoms with E-state index >= 15 is 0 Å². The van der Waals surface area contributed by atoms with Crippen LogP contribution in [0.25, 0.3) is 5.65 Å². The van der Waals surface area contributed by atoms with Crippen LogP contribution in [-0.4, -0.2) is 38.7 Å². The van der Waals surface area contributed by atoms with Gasteiger partial charge in [0.25, 0.3) is 0 Å². The highest BCUT2D eigenvalue weighted by Gasteiger charge is 2.16. The molecule has 0 radical (unpaired) electrons. The van der Waals surface area contributed by atoms with Crippen molar-refractivity contribution in [1.82, 2.24) is 14.4 Å². The SMILES string of the molecule is CCNc1cn2ccnc2c(NCC(O)C(CC)CC)n1. The van der Waals surface area contributed by atoms with Crippen molar-refractivity contribution in [2.24, 2.45) is 5.92 Å². The predicted molar refractivity (Wildman–Crippen MR) is 85.7 cm³/mol. The third-order valence-electron chi connectivity index (χ3n) is 3.80. The van der Waals surface area contributed by atoms with Crippen molar-refractivity contribution in [2.45, 2.75) is 39.7 Å². The Morgan fingerprint density at radius 3 is 2.67 bits per heavy atom. The summed E-state index contributed by atoms with van der Waals surface area (Å²) in [4.78, 5) is 8.84. The first kappa shape index (κ1) is 15.6. The van der Waals surface area contributed by atoms with E-state index in [4.69, 9.17) is 0 Å². The molecule has 2 aromatic rings. The zero-order valence-electron chi connectivity index (χ0n) is 13.0. The van der Waals surface area contributed by atoms with Gasteiger partial charge in [0, 0.05) is 25.5 Å². The number of anilines is 2. The molecule has 116 valence electrons. The average molecular weight is 291 g/mol. The fourth-order valence-corrected chi connectivity index (χ4v) is 2.52. The molecule has 0 aromatic carbocycles. The minimum atomic E-state index is -0.375. The van der Waals surface area contributed by atoms with Crippen molar-refractivity contribution in [3.63, 3.8) is 0 Å². The molecule has 0 saturated carbocycles. The van der Waals surface area contributed by atoms with Gasteiger partial charge in [-0.3, -0.25) is 0 Å². The number of aromatic nitrogens is 3. The Labute approximate surface area is 125 Å². The first-order valence-corrected chi connectivity index (χ1v) is 7.69. The first-order valence-electron chi connectivity index (χ1n) is 7.69. The van der Waals surface area contributed by atoms with Crippen LogP contribution in [0.15, 0.2) is 18.6 Å². The summed E-state index contributed by atoms with van der Waals surface area (Å²) in [5.74, 6) is 1.80. The molecule has 0 bridgehead atoms. The second-order valence-corrected chi connectivity index (χ2v) is 5.19. The Balaban J connectivity index is 2.15. The minimum Gasteiger partial charge on any atom is -0.391 e. The summed E-state index contributed by atoms with van der Waals surface area (Å²) in [6, 6.07) is 0. The van der Waals surface area contributed by atoms with E-state index in [0.717, 1.165) is 30.9 Å². The lowest BCUT2D eigenvalue weighted by Crippen LogP contribution is -2.28. The number of nitrogens with one attached hydrogen (secondary N) is 2. The normalized spacial score (nSPS) is 12.8. The number of aliphatic hydroxyl groups excluding tert-OH is 1. The Hall–Kier alpha value is -1.82. The summed E-state index contributed by atoms with van der Waals surface area (Å²) < 4.78 is 1.93. The summed E-state index contributed by atoms with van der Waals surface area (Å²) in [5, 5.41) is 16.7. The quantitative estimate of drug-likeness (QED) is 0.696. The molecule has 2 heterocycles. The molecule has 0 aliphatic carbocycles. The fourth-order valence-electron chi connectivity index (χ4n) is 2.52. The van der Waals surface area contributed by atoms with Crippen molar-refractivity contribution in [3.05, 3.63) is 18.6 Å². The van der Waals surface area contributed by atoms with Gasteiger partial charge in [0.1, 0.15) is 5.82 Å². The predicted octanol–water partition coefficient (Wildman–Crippen LogP) is 2.37. The Morgan fingerprint density at radius 2 is 2.00 bits per heavy atom. The lowest BCUT2D eigenvalue weighted by Gasteiger charge is -2.20. The average Bonchev–Trinajstić information content (AvgIpc) is 2.95. The number of fused-ring (bicyclic) bond motifs is 1. The van der Waals surface area contributed by atoms with E-state index < -0.39 is 0 Å². The van der Waals surface area contributed by atoms with Crippen LogP contribution in [0.3, 0.4) is 0 Å². The standard InChI is InChI=1S/C15H25N5O/c1-4-11(5-2)12(21)9-18-14-15-17-7-8-20(15)10-13(19-14)16-6-3/h7-8,10-12,16,21H,4-6,9H2,1-3H3,(H,18,19). The monoisotopic (exact) mass is 291 g/mol. The maximum atomic E-state index is 10.2. The van der Waals surface area contributed by atoms with Gasteiger partial charge in [-0.25, -0.2) is 9.97 Å². The molecule has 0 fully saturated rings. The Bertz CT molecular complexity index is 564. The van der Waals surface area contributed by atoms with E-state index in [-0.39, 0.29) is 6.10 Å². The molecule has 6 nitrogen and oxygen atoms in total. The van der Waals surface area contributed by atoms with Crippen LogP contribution in [0.2, 0.25) is 0 Å². The second kappa shape index (κ2) is 7.26. The minimum absolute atomic E-state index is 0.310. The van der Waals surface area contributed by atoms with Gasteiger partial charge >= 0.3 is 0 Å². The summed E-state index contributed by atoms with van der Waals surface area (Å²) in [6.07, 6.45) is 7.12. The molecule has 0 spiro atoms. The molecule has 0 aliphatic rings. The lowest BCUT2D eigenvalue weighted by atomic mass is 9.97. The van der Waals surface area contributed by atoms with Crippen molar-refractivity contribution < 1.29 is 5.11 Å². The molecule has 2 aromatic heterocycles. The molecular formula is C15H25N5O. The van der Waals surface area contributed by atoms with Gasteiger partial charge in [0.05, 0.1) is 12.3 Å². The lowest BCUT2D eigenvalue weighted by molar-refractivity contribution is 0.114.